The summed E-state index contributed by atoms with van der Waals surface area (Å²) in [4.78, 5) is 0. The van der Waals surface area contributed by atoms with Crippen LogP contribution < -0.4 is 11.5 Å². The fraction of sp³-hybridized carbons (Fsp3) is 0.455. The molecule has 5 N–H and O–H groups in total. The van der Waals surface area contributed by atoms with Crippen molar-refractivity contribution in [3.63, 3.8) is 0 Å². The molecule has 0 bridgehead atoms. The zero-order valence-corrected chi connectivity index (χ0v) is 8.94. The Morgan fingerprint density at radius 3 is 2.80 bits per heavy atom. The summed E-state index contributed by atoms with van der Waals surface area (Å²) in [6.07, 6.45) is 0.807. The molecule has 4 heteroatoms. The van der Waals surface area contributed by atoms with E-state index in [9.17, 15) is 5.11 Å². The van der Waals surface area contributed by atoms with Crippen LogP contribution in [-0.4, -0.2) is 25.4 Å². The van der Waals surface area contributed by atoms with E-state index in [0.29, 0.717) is 18.7 Å². The van der Waals surface area contributed by atoms with Crippen LogP contribution in [0.15, 0.2) is 18.2 Å². The first kappa shape index (κ1) is 12.0. The first-order valence-corrected chi connectivity index (χ1v) is 4.95. The maximum Gasteiger partial charge on any atom is 0.120 e. The van der Waals surface area contributed by atoms with Gasteiger partial charge < -0.3 is 21.3 Å². The van der Waals surface area contributed by atoms with Crippen molar-refractivity contribution in [2.75, 3.05) is 20.3 Å². The van der Waals surface area contributed by atoms with Gasteiger partial charge in [0.25, 0.3) is 0 Å². The van der Waals surface area contributed by atoms with Gasteiger partial charge in [0.05, 0.1) is 6.61 Å². The third-order valence-electron chi connectivity index (χ3n) is 2.34. The lowest BCUT2D eigenvalue weighted by molar-refractivity contribution is 0.202. The Hall–Kier alpha value is -1.10. The number of hydrogen-bond donors (Lipinski definition) is 3. The molecule has 0 fully saturated rings. The lowest BCUT2D eigenvalue weighted by atomic mass is 10.0. The molecule has 1 rings (SSSR count). The molecule has 0 amide bonds. The number of hydrogen-bond acceptors (Lipinski definition) is 4. The highest BCUT2D eigenvalue weighted by Crippen LogP contribution is 2.23. The van der Waals surface area contributed by atoms with Gasteiger partial charge in [-0.15, -0.1) is 0 Å². The third-order valence-corrected chi connectivity index (χ3v) is 2.34. The maximum absolute atomic E-state index is 9.60. The SMILES string of the molecule is COCCc1ccc(O)c([C@H](N)CN)c1. The molecule has 4 nitrogen and oxygen atoms in total. The number of nitrogens with two attached hydrogens (primary N) is 2. The molecule has 84 valence electrons. The van der Waals surface area contributed by atoms with Crippen LogP contribution in [-0.2, 0) is 11.2 Å². The van der Waals surface area contributed by atoms with E-state index >= 15 is 0 Å². The molecule has 0 unspecified atom stereocenters. The summed E-state index contributed by atoms with van der Waals surface area (Å²) in [6, 6.07) is 5.08. The molecule has 15 heavy (non-hydrogen) atoms. The first-order valence-electron chi connectivity index (χ1n) is 4.95. The van der Waals surface area contributed by atoms with Crippen LogP contribution in [0.3, 0.4) is 0 Å². The number of phenolic OH excluding ortho intramolecular Hbond substituents is 1. The minimum Gasteiger partial charge on any atom is -0.508 e. The lowest BCUT2D eigenvalue weighted by Gasteiger charge is -2.12. The zero-order chi connectivity index (χ0) is 11.3. The molecule has 0 saturated heterocycles. The number of aromatic hydroxyl groups is 1. The van der Waals surface area contributed by atoms with Crippen LogP contribution in [0, 0.1) is 0 Å². The predicted octanol–water partition coefficient (Wildman–Crippen LogP) is 0.540. The van der Waals surface area contributed by atoms with Crippen molar-refractivity contribution in [1.82, 2.24) is 0 Å². The van der Waals surface area contributed by atoms with E-state index in [1.54, 1.807) is 13.2 Å². The quantitative estimate of drug-likeness (QED) is 0.662. The largest absolute Gasteiger partial charge is 0.508 e. The van der Waals surface area contributed by atoms with E-state index in [4.69, 9.17) is 16.2 Å². The van der Waals surface area contributed by atoms with E-state index in [1.807, 2.05) is 12.1 Å². The number of methoxy groups -OCH3 is 1. The van der Waals surface area contributed by atoms with Crippen molar-refractivity contribution in [3.05, 3.63) is 29.3 Å². The summed E-state index contributed by atoms with van der Waals surface area (Å²) in [6.45, 7) is 0.976. The van der Waals surface area contributed by atoms with E-state index in [0.717, 1.165) is 12.0 Å². The standard InChI is InChI=1S/C11H18N2O2/c1-15-5-4-8-2-3-11(14)9(6-8)10(13)7-12/h2-3,6,10,14H,4-5,7,12-13H2,1H3/t10-/m1/s1. The van der Waals surface area contributed by atoms with Crippen LogP contribution in [0.1, 0.15) is 17.2 Å². The molecule has 0 aromatic heterocycles. The van der Waals surface area contributed by atoms with Gasteiger partial charge in [-0.05, 0) is 18.1 Å². The fourth-order valence-corrected chi connectivity index (χ4v) is 1.40. The third kappa shape index (κ3) is 3.20. The number of benzene rings is 1. The van der Waals surface area contributed by atoms with Gasteiger partial charge in [0, 0.05) is 25.3 Å². The Kier molecular flexibility index (Phi) is 4.55. The Morgan fingerprint density at radius 1 is 1.47 bits per heavy atom. The van der Waals surface area contributed by atoms with E-state index in [1.165, 1.54) is 0 Å². The van der Waals surface area contributed by atoms with Crippen molar-refractivity contribution in [1.29, 1.82) is 0 Å². The van der Waals surface area contributed by atoms with E-state index < -0.39 is 0 Å². The lowest BCUT2D eigenvalue weighted by Crippen LogP contribution is -2.21. The van der Waals surface area contributed by atoms with Crippen molar-refractivity contribution >= 4 is 0 Å². The summed E-state index contributed by atoms with van der Waals surface area (Å²) in [5.74, 6) is 0.203. The number of rotatable bonds is 5. The van der Waals surface area contributed by atoms with Gasteiger partial charge in [-0.25, -0.2) is 0 Å². The second-order valence-corrected chi connectivity index (χ2v) is 3.48. The van der Waals surface area contributed by atoms with Gasteiger partial charge in [0.2, 0.25) is 0 Å². The highest BCUT2D eigenvalue weighted by molar-refractivity contribution is 5.38. The van der Waals surface area contributed by atoms with Crippen molar-refractivity contribution < 1.29 is 9.84 Å². The zero-order valence-electron chi connectivity index (χ0n) is 8.94. The topological polar surface area (TPSA) is 81.5 Å². The molecule has 0 radical (unpaired) electrons. The summed E-state index contributed by atoms with van der Waals surface area (Å²) in [7, 11) is 1.66. The molecule has 0 aliphatic heterocycles. The van der Waals surface area contributed by atoms with Crippen LogP contribution in [0.2, 0.25) is 0 Å². The molecule has 0 aliphatic carbocycles. The minimum atomic E-state index is -0.313. The van der Waals surface area contributed by atoms with Gasteiger partial charge in [-0.3, -0.25) is 0 Å². The Labute approximate surface area is 89.8 Å². The van der Waals surface area contributed by atoms with E-state index in [-0.39, 0.29) is 11.8 Å². The van der Waals surface area contributed by atoms with Gasteiger partial charge in [0.15, 0.2) is 0 Å². The van der Waals surface area contributed by atoms with Gasteiger partial charge in [-0.1, -0.05) is 12.1 Å². The second kappa shape index (κ2) is 5.70. The summed E-state index contributed by atoms with van der Waals surface area (Å²) < 4.78 is 4.98. The monoisotopic (exact) mass is 210 g/mol. The molecule has 0 heterocycles. The van der Waals surface area contributed by atoms with Gasteiger partial charge in [-0.2, -0.15) is 0 Å². The molecule has 0 saturated carbocycles. The molecule has 0 spiro atoms. The van der Waals surface area contributed by atoms with Crippen LogP contribution in [0.5, 0.6) is 5.75 Å². The summed E-state index contributed by atoms with van der Waals surface area (Å²) in [5.41, 5.74) is 13.0. The molecule has 1 aromatic rings. The fourth-order valence-electron chi connectivity index (χ4n) is 1.40. The normalized spacial score (nSPS) is 12.7. The van der Waals surface area contributed by atoms with Crippen molar-refractivity contribution in [3.8, 4) is 5.75 Å². The minimum absolute atomic E-state index is 0.203. The average molecular weight is 210 g/mol. The van der Waals surface area contributed by atoms with Crippen LogP contribution >= 0.6 is 0 Å². The smallest absolute Gasteiger partial charge is 0.120 e. The van der Waals surface area contributed by atoms with Crippen LogP contribution in [0.4, 0.5) is 0 Å². The number of ether oxygens (including phenoxy) is 1. The molecule has 0 aliphatic rings. The Morgan fingerprint density at radius 2 is 2.20 bits per heavy atom. The Bertz CT molecular complexity index is 315. The average Bonchev–Trinajstić information content (AvgIpc) is 2.27. The molecular formula is C11H18N2O2. The maximum atomic E-state index is 9.60. The van der Waals surface area contributed by atoms with Crippen molar-refractivity contribution in [2.24, 2.45) is 11.5 Å². The van der Waals surface area contributed by atoms with E-state index in [2.05, 4.69) is 0 Å². The second-order valence-electron chi connectivity index (χ2n) is 3.48. The van der Waals surface area contributed by atoms with Crippen molar-refractivity contribution in [2.45, 2.75) is 12.5 Å². The summed E-state index contributed by atoms with van der Waals surface area (Å²) in [5, 5.41) is 9.60. The predicted molar refractivity (Wildman–Crippen MR) is 59.7 cm³/mol. The highest BCUT2D eigenvalue weighted by atomic mass is 16.5. The number of phenols is 1. The van der Waals surface area contributed by atoms with Gasteiger partial charge in [0.1, 0.15) is 5.75 Å². The summed E-state index contributed by atoms with van der Waals surface area (Å²) >= 11 is 0. The Balaban J connectivity index is 2.84. The highest BCUT2D eigenvalue weighted by Gasteiger charge is 2.09. The molecular weight excluding hydrogens is 192 g/mol. The molecule has 1 aromatic carbocycles. The molecule has 1 atom stereocenters. The van der Waals surface area contributed by atoms with Gasteiger partial charge >= 0.3 is 0 Å². The first-order chi connectivity index (χ1) is 7.19. The van der Waals surface area contributed by atoms with Crippen LogP contribution in [0.25, 0.3) is 0 Å².